The molecule has 1 aromatic carbocycles. The number of hydrogen-bond acceptors (Lipinski definition) is 4. The topological polar surface area (TPSA) is 74.7 Å². The summed E-state index contributed by atoms with van der Waals surface area (Å²) in [4.78, 5) is 4.46. The minimum atomic E-state index is 0.0739. The van der Waals surface area contributed by atoms with Crippen LogP contribution in [0.5, 0.6) is 0 Å². The van der Waals surface area contributed by atoms with Crippen molar-refractivity contribution < 1.29 is 0 Å². The summed E-state index contributed by atoms with van der Waals surface area (Å²) in [6.45, 7) is 2.65. The van der Waals surface area contributed by atoms with Crippen LogP contribution in [-0.4, -0.2) is 17.6 Å². The maximum atomic E-state index is 9.14. The standard InChI is InChI=1S/C14H16N4/c1-2-12(16)9-17-14-11(8-15)7-10-5-3-4-6-13(10)18-14/h3-7,12H,2,9,16H2,1H3,(H,17,18). The van der Waals surface area contributed by atoms with Crippen molar-refractivity contribution in [2.24, 2.45) is 5.73 Å². The molecule has 0 aliphatic carbocycles. The number of nitriles is 1. The van der Waals surface area contributed by atoms with E-state index in [1.54, 1.807) is 0 Å². The van der Waals surface area contributed by atoms with Gasteiger partial charge in [-0.2, -0.15) is 5.26 Å². The highest BCUT2D eigenvalue weighted by molar-refractivity contribution is 5.82. The zero-order chi connectivity index (χ0) is 13.0. The van der Waals surface area contributed by atoms with Crippen LogP contribution >= 0.6 is 0 Å². The Hall–Kier alpha value is -2.12. The molecule has 0 saturated heterocycles. The summed E-state index contributed by atoms with van der Waals surface area (Å²) in [6, 6.07) is 11.8. The highest BCUT2D eigenvalue weighted by atomic mass is 15.0. The molecule has 0 radical (unpaired) electrons. The molecule has 2 rings (SSSR count). The van der Waals surface area contributed by atoms with E-state index in [0.717, 1.165) is 17.3 Å². The second-order valence-corrected chi connectivity index (χ2v) is 4.24. The molecule has 0 fully saturated rings. The molecule has 0 aliphatic heterocycles. The van der Waals surface area contributed by atoms with Gasteiger partial charge in [-0.3, -0.25) is 0 Å². The summed E-state index contributed by atoms with van der Waals surface area (Å²) >= 11 is 0. The molecule has 0 aliphatic rings. The number of nitrogens with zero attached hydrogens (tertiary/aromatic N) is 2. The van der Waals surface area contributed by atoms with Gasteiger partial charge in [0.05, 0.1) is 11.1 Å². The highest BCUT2D eigenvalue weighted by Gasteiger charge is 2.07. The fourth-order valence-corrected chi connectivity index (χ4v) is 1.71. The molecule has 1 unspecified atom stereocenters. The molecule has 3 N–H and O–H groups in total. The van der Waals surface area contributed by atoms with Crippen LogP contribution in [0.4, 0.5) is 5.82 Å². The second-order valence-electron chi connectivity index (χ2n) is 4.24. The number of nitrogens with one attached hydrogen (secondary N) is 1. The summed E-state index contributed by atoms with van der Waals surface area (Å²) in [6.07, 6.45) is 0.891. The molecule has 0 amide bonds. The van der Waals surface area contributed by atoms with Gasteiger partial charge in [0.15, 0.2) is 0 Å². The average Bonchev–Trinajstić information content (AvgIpc) is 2.43. The molecule has 2 aromatic rings. The van der Waals surface area contributed by atoms with Crippen molar-refractivity contribution in [2.45, 2.75) is 19.4 Å². The van der Waals surface area contributed by atoms with E-state index in [1.807, 2.05) is 37.3 Å². The molecule has 18 heavy (non-hydrogen) atoms. The third kappa shape index (κ3) is 2.58. The first-order valence-electron chi connectivity index (χ1n) is 6.04. The molecular weight excluding hydrogens is 224 g/mol. The first-order valence-corrected chi connectivity index (χ1v) is 6.04. The van der Waals surface area contributed by atoms with E-state index in [-0.39, 0.29) is 6.04 Å². The number of aromatic nitrogens is 1. The van der Waals surface area contributed by atoms with Gasteiger partial charge in [0.25, 0.3) is 0 Å². The van der Waals surface area contributed by atoms with Gasteiger partial charge in [0.2, 0.25) is 0 Å². The predicted octanol–water partition coefficient (Wildman–Crippen LogP) is 2.26. The third-order valence-electron chi connectivity index (χ3n) is 2.90. The fourth-order valence-electron chi connectivity index (χ4n) is 1.71. The minimum absolute atomic E-state index is 0.0739. The molecule has 0 bridgehead atoms. The number of para-hydroxylation sites is 1. The Labute approximate surface area is 106 Å². The molecule has 1 aromatic heterocycles. The van der Waals surface area contributed by atoms with E-state index in [2.05, 4.69) is 16.4 Å². The van der Waals surface area contributed by atoms with Gasteiger partial charge in [-0.15, -0.1) is 0 Å². The van der Waals surface area contributed by atoms with E-state index >= 15 is 0 Å². The molecule has 4 nitrogen and oxygen atoms in total. The number of fused-ring (bicyclic) bond motifs is 1. The average molecular weight is 240 g/mol. The molecule has 0 saturated carbocycles. The lowest BCUT2D eigenvalue weighted by Crippen LogP contribution is -2.28. The number of benzene rings is 1. The van der Waals surface area contributed by atoms with E-state index in [4.69, 9.17) is 11.0 Å². The highest BCUT2D eigenvalue weighted by Crippen LogP contribution is 2.19. The van der Waals surface area contributed by atoms with Crippen LogP contribution in [-0.2, 0) is 0 Å². The van der Waals surface area contributed by atoms with Crippen LogP contribution in [0.1, 0.15) is 18.9 Å². The van der Waals surface area contributed by atoms with Crippen molar-refractivity contribution in [3.05, 3.63) is 35.9 Å². The molecular formula is C14H16N4. The monoisotopic (exact) mass is 240 g/mol. The Morgan fingerprint density at radius 2 is 2.22 bits per heavy atom. The quantitative estimate of drug-likeness (QED) is 0.859. The van der Waals surface area contributed by atoms with Crippen molar-refractivity contribution in [3.8, 4) is 6.07 Å². The fraction of sp³-hybridized carbons (Fsp3) is 0.286. The van der Waals surface area contributed by atoms with E-state index in [9.17, 15) is 0 Å². The number of nitrogens with two attached hydrogens (primary N) is 1. The van der Waals surface area contributed by atoms with Crippen molar-refractivity contribution in [2.75, 3.05) is 11.9 Å². The zero-order valence-electron chi connectivity index (χ0n) is 10.4. The Balaban J connectivity index is 2.34. The Morgan fingerprint density at radius 1 is 1.44 bits per heavy atom. The maximum Gasteiger partial charge on any atom is 0.144 e. The zero-order valence-corrected chi connectivity index (χ0v) is 10.4. The van der Waals surface area contributed by atoms with Gasteiger partial charge >= 0.3 is 0 Å². The van der Waals surface area contributed by atoms with E-state index in [1.165, 1.54) is 0 Å². The Kier molecular flexibility index (Phi) is 3.75. The lowest BCUT2D eigenvalue weighted by molar-refractivity contribution is 0.678. The summed E-state index contributed by atoms with van der Waals surface area (Å²) in [5.74, 6) is 0.611. The van der Waals surface area contributed by atoms with Crippen molar-refractivity contribution in [1.82, 2.24) is 4.98 Å². The summed E-state index contributed by atoms with van der Waals surface area (Å²) < 4.78 is 0. The summed E-state index contributed by atoms with van der Waals surface area (Å²) in [7, 11) is 0. The van der Waals surface area contributed by atoms with Gasteiger partial charge in [-0.1, -0.05) is 25.1 Å². The van der Waals surface area contributed by atoms with Gasteiger partial charge in [0.1, 0.15) is 11.9 Å². The van der Waals surface area contributed by atoms with Gasteiger partial charge in [-0.05, 0) is 18.6 Å². The minimum Gasteiger partial charge on any atom is -0.367 e. The Morgan fingerprint density at radius 3 is 2.94 bits per heavy atom. The van der Waals surface area contributed by atoms with Crippen LogP contribution in [0.25, 0.3) is 10.9 Å². The molecule has 1 atom stereocenters. The van der Waals surface area contributed by atoms with Crippen LogP contribution in [0.2, 0.25) is 0 Å². The van der Waals surface area contributed by atoms with Crippen LogP contribution in [0.15, 0.2) is 30.3 Å². The predicted molar refractivity (Wildman–Crippen MR) is 73.2 cm³/mol. The molecule has 4 heteroatoms. The second kappa shape index (κ2) is 5.48. The van der Waals surface area contributed by atoms with Crippen molar-refractivity contribution >= 4 is 16.7 Å². The maximum absolute atomic E-state index is 9.14. The number of pyridine rings is 1. The number of rotatable bonds is 4. The van der Waals surface area contributed by atoms with Crippen LogP contribution in [0.3, 0.4) is 0 Å². The molecule has 92 valence electrons. The third-order valence-corrected chi connectivity index (χ3v) is 2.90. The van der Waals surface area contributed by atoms with E-state index < -0.39 is 0 Å². The molecule has 1 heterocycles. The summed E-state index contributed by atoms with van der Waals surface area (Å²) in [5.41, 5.74) is 7.28. The van der Waals surface area contributed by atoms with Crippen molar-refractivity contribution in [1.29, 1.82) is 5.26 Å². The van der Waals surface area contributed by atoms with Gasteiger partial charge < -0.3 is 11.1 Å². The van der Waals surface area contributed by atoms with Crippen LogP contribution < -0.4 is 11.1 Å². The first-order chi connectivity index (χ1) is 8.74. The SMILES string of the molecule is CCC(N)CNc1nc2ccccc2cc1C#N. The van der Waals surface area contributed by atoms with Crippen LogP contribution in [0, 0.1) is 11.3 Å². The Bertz CT molecular complexity index is 586. The molecule has 0 spiro atoms. The lowest BCUT2D eigenvalue weighted by atomic mass is 10.1. The number of anilines is 1. The van der Waals surface area contributed by atoms with Crippen molar-refractivity contribution in [3.63, 3.8) is 0 Å². The van der Waals surface area contributed by atoms with Gasteiger partial charge in [0, 0.05) is 18.0 Å². The smallest absolute Gasteiger partial charge is 0.144 e. The van der Waals surface area contributed by atoms with E-state index in [0.29, 0.717) is 17.9 Å². The first kappa shape index (κ1) is 12.3. The number of hydrogen-bond donors (Lipinski definition) is 2. The summed E-state index contributed by atoms with van der Waals surface area (Å²) in [5, 5.41) is 13.3. The van der Waals surface area contributed by atoms with Gasteiger partial charge in [-0.25, -0.2) is 4.98 Å². The normalized spacial score (nSPS) is 12.1. The largest absolute Gasteiger partial charge is 0.367 e. The lowest BCUT2D eigenvalue weighted by Gasteiger charge is -2.12.